The maximum Gasteiger partial charge on any atom is 0.233 e. The number of aryl methyl sites for hydroxylation is 2. The normalized spacial score (nSPS) is 11.0. The smallest absolute Gasteiger partial charge is 0.233 e. The van der Waals surface area contributed by atoms with Crippen LogP contribution in [0.1, 0.15) is 11.1 Å². The van der Waals surface area contributed by atoms with Crippen LogP contribution >= 0.6 is 11.6 Å². The van der Waals surface area contributed by atoms with Gasteiger partial charge in [0.25, 0.3) is 0 Å². The number of halogens is 1. The molecule has 0 saturated heterocycles. The van der Waals surface area contributed by atoms with Gasteiger partial charge in [-0.15, -0.1) is 0 Å². The lowest BCUT2D eigenvalue weighted by molar-refractivity contribution is 0.467. The first-order chi connectivity index (χ1) is 12.1. The van der Waals surface area contributed by atoms with Crippen LogP contribution in [-0.4, -0.2) is 19.7 Å². The van der Waals surface area contributed by atoms with Crippen molar-refractivity contribution in [1.82, 2.24) is 19.7 Å². The minimum absolute atomic E-state index is 0.475. The SMILES string of the molecule is Cc1cc(C)cc(Oc2ncnc3c2cnn3-c2cccc(Cl)c2)c1. The summed E-state index contributed by atoms with van der Waals surface area (Å²) in [6.07, 6.45) is 3.18. The van der Waals surface area contributed by atoms with Gasteiger partial charge in [0.05, 0.1) is 11.9 Å². The average Bonchev–Trinajstić information content (AvgIpc) is 2.99. The molecule has 0 aliphatic carbocycles. The van der Waals surface area contributed by atoms with Gasteiger partial charge in [-0.2, -0.15) is 5.10 Å². The molecule has 2 aromatic heterocycles. The number of fused-ring (bicyclic) bond motifs is 1. The number of hydrogen-bond acceptors (Lipinski definition) is 4. The van der Waals surface area contributed by atoms with Crippen LogP contribution in [0.15, 0.2) is 55.0 Å². The standard InChI is InChI=1S/C19H15ClN4O/c1-12-6-13(2)8-16(7-12)25-19-17-10-23-24(18(17)21-11-22-19)15-5-3-4-14(20)9-15/h3-11H,1-2H3. The minimum atomic E-state index is 0.475. The maximum absolute atomic E-state index is 6.08. The summed E-state index contributed by atoms with van der Waals surface area (Å²) >= 11 is 6.08. The summed E-state index contributed by atoms with van der Waals surface area (Å²) in [5.41, 5.74) is 3.76. The second-order valence-electron chi connectivity index (χ2n) is 5.88. The predicted octanol–water partition coefficient (Wildman–Crippen LogP) is 4.88. The number of rotatable bonds is 3. The summed E-state index contributed by atoms with van der Waals surface area (Å²) in [5, 5.41) is 5.80. The molecule has 2 aromatic carbocycles. The van der Waals surface area contributed by atoms with E-state index < -0.39 is 0 Å². The first-order valence-corrected chi connectivity index (χ1v) is 8.19. The third kappa shape index (κ3) is 3.06. The lowest BCUT2D eigenvalue weighted by Crippen LogP contribution is -1.98. The maximum atomic E-state index is 6.08. The van der Waals surface area contributed by atoms with Crippen LogP contribution in [0.5, 0.6) is 11.6 Å². The van der Waals surface area contributed by atoms with Crippen LogP contribution in [0.4, 0.5) is 0 Å². The van der Waals surface area contributed by atoms with Crippen molar-refractivity contribution in [2.24, 2.45) is 0 Å². The van der Waals surface area contributed by atoms with Gasteiger partial charge >= 0.3 is 0 Å². The van der Waals surface area contributed by atoms with Crippen LogP contribution in [0.2, 0.25) is 5.02 Å². The van der Waals surface area contributed by atoms with Gasteiger partial charge in [0, 0.05) is 5.02 Å². The largest absolute Gasteiger partial charge is 0.438 e. The summed E-state index contributed by atoms with van der Waals surface area (Å²) in [6, 6.07) is 13.5. The van der Waals surface area contributed by atoms with E-state index in [4.69, 9.17) is 16.3 Å². The molecule has 0 radical (unpaired) electrons. The number of benzene rings is 2. The minimum Gasteiger partial charge on any atom is -0.438 e. The molecule has 0 unspecified atom stereocenters. The molecule has 0 saturated carbocycles. The van der Waals surface area contributed by atoms with E-state index in [1.807, 2.05) is 50.2 Å². The molecular weight excluding hydrogens is 336 g/mol. The van der Waals surface area contributed by atoms with Gasteiger partial charge in [-0.05, 0) is 55.3 Å². The van der Waals surface area contributed by atoms with Gasteiger partial charge in [0.15, 0.2) is 5.65 Å². The van der Waals surface area contributed by atoms with Crippen molar-refractivity contribution < 1.29 is 4.74 Å². The molecule has 0 aliphatic heterocycles. The zero-order valence-corrected chi connectivity index (χ0v) is 14.5. The predicted molar refractivity (Wildman–Crippen MR) is 97.7 cm³/mol. The van der Waals surface area contributed by atoms with E-state index in [2.05, 4.69) is 21.1 Å². The highest BCUT2D eigenvalue weighted by molar-refractivity contribution is 6.30. The number of aromatic nitrogens is 4. The summed E-state index contributed by atoms with van der Waals surface area (Å²) in [5.74, 6) is 1.22. The van der Waals surface area contributed by atoms with E-state index in [1.165, 1.54) is 6.33 Å². The van der Waals surface area contributed by atoms with Gasteiger partial charge < -0.3 is 4.74 Å². The van der Waals surface area contributed by atoms with Gasteiger partial charge in [0.2, 0.25) is 5.88 Å². The van der Waals surface area contributed by atoms with E-state index in [-0.39, 0.29) is 0 Å². The van der Waals surface area contributed by atoms with Crippen LogP contribution in [-0.2, 0) is 0 Å². The molecule has 0 amide bonds. The molecule has 4 rings (SSSR count). The number of hydrogen-bond donors (Lipinski definition) is 0. The van der Waals surface area contributed by atoms with Gasteiger partial charge in [0.1, 0.15) is 17.5 Å². The Morgan fingerprint density at radius 3 is 2.56 bits per heavy atom. The molecule has 0 fully saturated rings. The highest BCUT2D eigenvalue weighted by Gasteiger charge is 2.13. The number of nitrogens with zero attached hydrogens (tertiary/aromatic N) is 4. The fourth-order valence-electron chi connectivity index (χ4n) is 2.80. The lowest BCUT2D eigenvalue weighted by Gasteiger charge is -2.08. The Morgan fingerprint density at radius 1 is 1.00 bits per heavy atom. The van der Waals surface area contributed by atoms with Crippen molar-refractivity contribution in [1.29, 1.82) is 0 Å². The summed E-state index contributed by atoms with van der Waals surface area (Å²) < 4.78 is 7.72. The van der Waals surface area contributed by atoms with E-state index >= 15 is 0 Å². The molecule has 0 bridgehead atoms. The van der Waals surface area contributed by atoms with Crippen LogP contribution in [0, 0.1) is 13.8 Å². The quantitative estimate of drug-likeness (QED) is 0.528. The second-order valence-corrected chi connectivity index (χ2v) is 6.31. The summed E-state index contributed by atoms with van der Waals surface area (Å²) in [4.78, 5) is 8.62. The van der Waals surface area contributed by atoms with Crippen molar-refractivity contribution in [3.63, 3.8) is 0 Å². The van der Waals surface area contributed by atoms with Crippen LogP contribution in [0.25, 0.3) is 16.7 Å². The summed E-state index contributed by atoms with van der Waals surface area (Å²) in [6.45, 7) is 4.07. The van der Waals surface area contributed by atoms with Crippen molar-refractivity contribution in [3.8, 4) is 17.3 Å². The Labute approximate surface area is 149 Å². The van der Waals surface area contributed by atoms with E-state index in [0.717, 1.165) is 28.0 Å². The lowest BCUT2D eigenvalue weighted by atomic mass is 10.1. The Hall–Kier alpha value is -2.92. The Kier molecular flexibility index (Phi) is 3.86. The van der Waals surface area contributed by atoms with Gasteiger partial charge in [-0.3, -0.25) is 0 Å². The van der Waals surface area contributed by atoms with Crippen LogP contribution in [0.3, 0.4) is 0 Å². The van der Waals surface area contributed by atoms with Crippen LogP contribution < -0.4 is 4.74 Å². The molecule has 0 aliphatic rings. The van der Waals surface area contributed by atoms with E-state index in [9.17, 15) is 0 Å². The van der Waals surface area contributed by atoms with Crippen molar-refractivity contribution in [2.75, 3.05) is 0 Å². The van der Waals surface area contributed by atoms with Gasteiger partial charge in [-0.25, -0.2) is 14.6 Å². The molecule has 4 aromatic rings. The first kappa shape index (κ1) is 15.6. The molecule has 0 N–H and O–H groups in total. The fraction of sp³-hybridized carbons (Fsp3) is 0.105. The molecule has 0 atom stereocenters. The zero-order chi connectivity index (χ0) is 17.4. The van der Waals surface area contributed by atoms with Crippen molar-refractivity contribution in [2.45, 2.75) is 13.8 Å². The third-order valence-corrected chi connectivity index (χ3v) is 4.03. The topological polar surface area (TPSA) is 52.8 Å². The average molecular weight is 351 g/mol. The third-order valence-electron chi connectivity index (χ3n) is 3.79. The second kappa shape index (κ2) is 6.18. The van der Waals surface area contributed by atoms with E-state index in [0.29, 0.717) is 16.5 Å². The van der Waals surface area contributed by atoms with E-state index in [1.54, 1.807) is 10.9 Å². The Morgan fingerprint density at radius 2 is 1.80 bits per heavy atom. The Balaban J connectivity index is 1.79. The monoisotopic (exact) mass is 350 g/mol. The Bertz CT molecular complexity index is 1050. The highest BCUT2D eigenvalue weighted by Crippen LogP contribution is 2.29. The molecule has 25 heavy (non-hydrogen) atoms. The highest BCUT2D eigenvalue weighted by atomic mass is 35.5. The van der Waals surface area contributed by atoms with Crippen molar-refractivity contribution >= 4 is 22.6 Å². The molecule has 124 valence electrons. The fourth-order valence-corrected chi connectivity index (χ4v) is 2.99. The first-order valence-electron chi connectivity index (χ1n) is 7.81. The summed E-state index contributed by atoms with van der Waals surface area (Å²) in [7, 11) is 0. The molecular formula is C19H15ClN4O. The molecule has 0 spiro atoms. The molecule has 2 heterocycles. The zero-order valence-electron chi connectivity index (χ0n) is 13.8. The van der Waals surface area contributed by atoms with Crippen molar-refractivity contribution in [3.05, 3.63) is 71.1 Å². The molecule has 6 heteroatoms. The van der Waals surface area contributed by atoms with Gasteiger partial charge in [-0.1, -0.05) is 23.7 Å². The number of ether oxygens (including phenoxy) is 1. The molecule has 5 nitrogen and oxygen atoms in total.